The second-order valence-corrected chi connectivity index (χ2v) is 8.32. The van der Waals surface area contributed by atoms with Gasteiger partial charge in [0, 0.05) is 18.7 Å². The molecular weight excluding hydrogens is 370 g/mol. The third-order valence-electron chi connectivity index (χ3n) is 4.72. The Morgan fingerprint density at radius 2 is 1.54 bits per heavy atom. The van der Waals surface area contributed by atoms with Crippen LogP contribution >= 0.6 is 0 Å². The van der Waals surface area contributed by atoms with Crippen LogP contribution < -0.4 is 0 Å². The Hall–Kier alpha value is -2.76. The number of carbonyl (C=O) groups is 1. The summed E-state index contributed by atoms with van der Waals surface area (Å²) in [5.41, 5.74) is 1.42. The summed E-state index contributed by atoms with van der Waals surface area (Å²) in [5, 5.41) is 2.19. The molecule has 28 heavy (non-hydrogen) atoms. The van der Waals surface area contributed by atoms with Crippen molar-refractivity contribution in [1.82, 2.24) is 4.31 Å². The van der Waals surface area contributed by atoms with Crippen molar-refractivity contribution in [2.45, 2.75) is 18.7 Å². The minimum Gasteiger partial charge on any atom is -0.289 e. The zero-order valence-corrected chi connectivity index (χ0v) is 16.8. The molecule has 0 aliphatic heterocycles. The topological polar surface area (TPSA) is 54.5 Å². The zero-order valence-electron chi connectivity index (χ0n) is 16.0. The van der Waals surface area contributed by atoms with Gasteiger partial charge >= 0.3 is 0 Å². The molecule has 0 N–H and O–H groups in total. The smallest absolute Gasteiger partial charge is 0.243 e. The average Bonchev–Trinajstić information content (AvgIpc) is 2.72. The van der Waals surface area contributed by atoms with E-state index < -0.39 is 10.0 Å². The first-order valence-electron chi connectivity index (χ1n) is 9.27. The van der Waals surface area contributed by atoms with Crippen molar-refractivity contribution in [2.75, 3.05) is 13.1 Å². The van der Waals surface area contributed by atoms with Crippen molar-refractivity contribution in [1.29, 1.82) is 0 Å². The van der Waals surface area contributed by atoms with E-state index in [9.17, 15) is 13.2 Å². The molecule has 0 aliphatic carbocycles. The molecule has 4 nitrogen and oxygen atoms in total. The first-order chi connectivity index (χ1) is 13.5. The molecule has 0 spiro atoms. The van der Waals surface area contributed by atoms with Gasteiger partial charge in [-0.05, 0) is 46.7 Å². The van der Waals surface area contributed by atoms with Crippen LogP contribution in [0, 0.1) is 0 Å². The Labute approximate surface area is 166 Å². The monoisotopic (exact) mass is 393 g/mol. The Morgan fingerprint density at radius 1 is 0.893 bits per heavy atom. The fraction of sp³-hybridized carbons (Fsp3) is 0.174. The van der Waals surface area contributed by atoms with Crippen molar-refractivity contribution < 1.29 is 13.2 Å². The highest BCUT2D eigenvalue weighted by Gasteiger charge is 2.21. The lowest BCUT2D eigenvalue weighted by Gasteiger charge is -2.18. The molecule has 0 atom stereocenters. The van der Waals surface area contributed by atoms with E-state index in [1.165, 1.54) is 22.5 Å². The third kappa shape index (κ3) is 4.06. The Morgan fingerprint density at radius 3 is 2.21 bits per heavy atom. The van der Waals surface area contributed by atoms with Gasteiger partial charge in [0.05, 0.1) is 4.90 Å². The number of rotatable bonds is 7. The zero-order chi connectivity index (χ0) is 20.1. The molecule has 0 aromatic heterocycles. The van der Waals surface area contributed by atoms with Crippen LogP contribution in [0.1, 0.15) is 29.8 Å². The van der Waals surface area contributed by atoms with Crippen LogP contribution in [0.15, 0.2) is 77.7 Å². The number of hydrogen-bond acceptors (Lipinski definition) is 3. The number of benzene rings is 3. The number of allylic oxidation sites excluding steroid dienone is 1. The standard InChI is InChI=1S/C23H23NO3S/c1-3-24(4-2)28(26,27)21-15-12-20(13-16-21)23(25)17-14-19-10-7-9-18-8-5-6-11-22(18)19/h5-17H,3-4H2,1-2H3. The molecule has 0 heterocycles. The molecule has 0 saturated carbocycles. The SMILES string of the molecule is CCN(CC)S(=O)(=O)c1ccc(C(=O)C=Cc2cccc3ccccc23)cc1. The summed E-state index contributed by atoms with van der Waals surface area (Å²) >= 11 is 0. The van der Waals surface area contributed by atoms with E-state index >= 15 is 0 Å². The highest BCUT2D eigenvalue weighted by molar-refractivity contribution is 7.89. The van der Waals surface area contributed by atoms with E-state index in [2.05, 4.69) is 0 Å². The maximum Gasteiger partial charge on any atom is 0.243 e. The highest BCUT2D eigenvalue weighted by atomic mass is 32.2. The lowest BCUT2D eigenvalue weighted by Crippen LogP contribution is -2.30. The summed E-state index contributed by atoms with van der Waals surface area (Å²) in [6.07, 6.45) is 3.32. The molecule has 144 valence electrons. The summed E-state index contributed by atoms with van der Waals surface area (Å²) in [7, 11) is -3.52. The van der Waals surface area contributed by atoms with Crippen LogP contribution in [0.25, 0.3) is 16.8 Å². The molecule has 0 saturated heterocycles. The van der Waals surface area contributed by atoms with E-state index in [0.717, 1.165) is 16.3 Å². The molecule has 3 aromatic rings. The van der Waals surface area contributed by atoms with Gasteiger partial charge in [-0.25, -0.2) is 8.42 Å². The number of fused-ring (bicyclic) bond motifs is 1. The number of carbonyl (C=O) groups excluding carboxylic acids is 1. The summed E-state index contributed by atoms with van der Waals surface area (Å²) in [5.74, 6) is -0.167. The lowest BCUT2D eigenvalue weighted by molar-refractivity contribution is 0.104. The number of hydrogen-bond donors (Lipinski definition) is 0. The first-order valence-corrected chi connectivity index (χ1v) is 10.7. The van der Waals surface area contributed by atoms with Crippen molar-refractivity contribution in [3.05, 3.63) is 83.9 Å². The van der Waals surface area contributed by atoms with Crippen molar-refractivity contribution in [3.8, 4) is 0 Å². The fourth-order valence-electron chi connectivity index (χ4n) is 3.16. The number of ketones is 1. The van der Waals surface area contributed by atoms with E-state index in [0.29, 0.717) is 18.7 Å². The van der Waals surface area contributed by atoms with Gasteiger partial charge in [0.15, 0.2) is 5.78 Å². The largest absolute Gasteiger partial charge is 0.289 e. The summed E-state index contributed by atoms with van der Waals surface area (Å²) in [6, 6.07) is 20.1. The van der Waals surface area contributed by atoms with Gasteiger partial charge < -0.3 is 0 Å². The van der Waals surface area contributed by atoms with E-state index in [1.54, 1.807) is 32.1 Å². The van der Waals surface area contributed by atoms with Gasteiger partial charge in [0.25, 0.3) is 0 Å². The molecule has 5 heteroatoms. The molecule has 0 bridgehead atoms. The van der Waals surface area contributed by atoms with Gasteiger partial charge in [0.1, 0.15) is 0 Å². The van der Waals surface area contributed by atoms with Crippen LogP contribution in [-0.4, -0.2) is 31.6 Å². The molecule has 0 amide bonds. The minimum atomic E-state index is -3.52. The van der Waals surface area contributed by atoms with E-state index in [4.69, 9.17) is 0 Å². The highest BCUT2D eigenvalue weighted by Crippen LogP contribution is 2.20. The molecular formula is C23H23NO3S. The van der Waals surface area contributed by atoms with Gasteiger partial charge in [-0.1, -0.05) is 62.4 Å². The Balaban J connectivity index is 1.83. The molecule has 0 radical (unpaired) electrons. The van der Waals surface area contributed by atoms with Crippen LogP contribution in [-0.2, 0) is 10.0 Å². The third-order valence-corrected chi connectivity index (χ3v) is 6.78. The summed E-state index contributed by atoms with van der Waals surface area (Å²) < 4.78 is 26.5. The minimum absolute atomic E-state index is 0.167. The fourth-order valence-corrected chi connectivity index (χ4v) is 4.62. The van der Waals surface area contributed by atoms with E-state index in [-0.39, 0.29) is 10.7 Å². The Bertz CT molecular complexity index is 1110. The van der Waals surface area contributed by atoms with Gasteiger partial charge in [-0.15, -0.1) is 0 Å². The van der Waals surface area contributed by atoms with Gasteiger partial charge in [-0.3, -0.25) is 4.79 Å². The normalized spacial score (nSPS) is 12.1. The van der Waals surface area contributed by atoms with Crippen molar-refractivity contribution in [3.63, 3.8) is 0 Å². The van der Waals surface area contributed by atoms with E-state index in [1.807, 2.05) is 42.5 Å². The Kier molecular flexibility index (Phi) is 6.07. The summed E-state index contributed by atoms with van der Waals surface area (Å²) in [4.78, 5) is 12.7. The second kappa shape index (κ2) is 8.50. The van der Waals surface area contributed by atoms with Crippen molar-refractivity contribution >= 4 is 32.7 Å². The van der Waals surface area contributed by atoms with Gasteiger partial charge in [-0.2, -0.15) is 4.31 Å². The second-order valence-electron chi connectivity index (χ2n) is 6.38. The van der Waals surface area contributed by atoms with Gasteiger partial charge in [0.2, 0.25) is 10.0 Å². The maximum absolute atomic E-state index is 12.5. The van der Waals surface area contributed by atoms with Crippen LogP contribution in [0.4, 0.5) is 0 Å². The lowest BCUT2D eigenvalue weighted by atomic mass is 10.0. The molecule has 0 fully saturated rings. The summed E-state index contributed by atoms with van der Waals surface area (Å²) in [6.45, 7) is 4.43. The first kappa shape index (κ1) is 20.0. The number of nitrogens with zero attached hydrogens (tertiary/aromatic N) is 1. The van der Waals surface area contributed by atoms with Crippen LogP contribution in [0.3, 0.4) is 0 Å². The molecule has 0 aliphatic rings. The number of sulfonamides is 1. The predicted octanol–water partition coefficient (Wildman–Crippen LogP) is 4.77. The molecule has 0 unspecified atom stereocenters. The van der Waals surface area contributed by atoms with Crippen molar-refractivity contribution in [2.24, 2.45) is 0 Å². The average molecular weight is 394 g/mol. The van der Waals surface area contributed by atoms with Crippen LogP contribution in [0.5, 0.6) is 0 Å². The molecule has 3 rings (SSSR count). The van der Waals surface area contributed by atoms with Crippen LogP contribution in [0.2, 0.25) is 0 Å². The quantitative estimate of drug-likeness (QED) is 0.429. The maximum atomic E-state index is 12.5. The molecule has 3 aromatic carbocycles. The predicted molar refractivity (Wildman–Crippen MR) is 114 cm³/mol.